The zero-order chi connectivity index (χ0) is 26.6. The van der Waals surface area contributed by atoms with E-state index in [1.54, 1.807) is 10.6 Å². The van der Waals surface area contributed by atoms with Crippen LogP contribution in [0.5, 0.6) is 5.75 Å². The molecule has 0 bridgehead atoms. The Hall–Kier alpha value is -2.90. The number of rotatable bonds is 7. The van der Waals surface area contributed by atoms with Gasteiger partial charge in [-0.3, -0.25) is 19.2 Å². The smallest absolute Gasteiger partial charge is 0.258 e. The predicted molar refractivity (Wildman–Crippen MR) is 156 cm³/mol. The Morgan fingerprint density at radius 1 is 0.897 bits per heavy atom. The van der Waals surface area contributed by atoms with Crippen LogP contribution in [0.1, 0.15) is 41.5 Å². The lowest BCUT2D eigenvalue weighted by atomic mass is 9.93. The molecule has 1 aliphatic carbocycles. The molecule has 2 aliphatic heterocycles. The van der Waals surface area contributed by atoms with Gasteiger partial charge in [-0.2, -0.15) is 0 Å². The number of hydrogen-bond acceptors (Lipinski definition) is 5. The highest BCUT2D eigenvalue weighted by molar-refractivity contribution is 6.30. The molecule has 6 nitrogen and oxygen atoms in total. The van der Waals surface area contributed by atoms with Gasteiger partial charge in [0.05, 0.1) is 13.2 Å². The topological polar surface area (TPSA) is 46.9 Å². The number of ether oxygens (including phenoxy) is 2. The van der Waals surface area contributed by atoms with E-state index in [0.29, 0.717) is 23.4 Å². The quantitative estimate of drug-likeness (QED) is 0.402. The third-order valence-corrected chi connectivity index (χ3v) is 8.48. The van der Waals surface area contributed by atoms with Crippen LogP contribution >= 0.6 is 11.6 Å². The fourth-order valence-electron chi connectivity index (χ4n) is 6.00. The molecule has 0 radical (unpaired) electrons. The van der Waals surface area contributed by atoms with Gasteiger partial charge in [0.2, 0.25) is 0 Å². The molecule has 2 saturated heterocycles. The second-order valence-corrected chi connectivity index (χ2v) is 11.2. The summed E-state index contributed by atoms with van der Waals surface area (Å²) in [5, 5.41) is 0.694. The fraction of sp³-hybridized carbons (Fsp3) is 0.406. The molecule has 7 heteroatoms. The van der Waals surface area contributed by atoms with Crippen molar-refractivity contribution in [1.29, 1.82) is 0 Å². The molecule has 3 aromatic rings. The van der Waals surface area contributed by atoms with Crippen molar-refractivity contribution < 1.29 is 9.47 Å². The first kappa shape index (κ1) is 26.3. The summed E-state index contributed by atoms with van der Waals surface area (Å²) in [5.74, 6) is 0.571. The summed E-state index contributed by atoms with van der Waals surface area (Å²) in [4.78, 5) is 18.1. The standard InChI is InChI=1S/C32H36ClN3O3/c33-28-6-2-24(3-7-28)23-39-31-11-14-36(32(37)21-31)30-8-5-26-19-25(1-4-27(26)20-30)22-34-12-9-29(10-13-34)35-15-17-38-18-16-35/h1-4,6-7,11,14,19-21,29H,5,8-10,12-13,15-18,22-23H2. The first-order valence-corrected chi connectivity index (χ1v) is 14.5. The summed E-state index contributed by atoms with van der Waals surface area (Å²) < 4.78 is 13.1. The molecule has 39 heavy (non-hydrogen) atoms. The predicted octanol–water partition coefficient (Wildman–Crippen LogP) is 5.32. The maximum Gasteiger partial charge on any atom is 0.258 e. The lowest BCUT2D eigenvalue weighted by molar-refractivity contribution is 0.000229. The number of morpholine rings is 1. The van der Waals surface area contributed by atoms with Crippen molar-refractivity contribution in [1.82, 2.24) is 14.4 Å². The van der Waals surface area contributed by atoms with E-state index >= 15 is 0 Å². The Kier molecular flexibility index (Phi) is 8.16. The number of likely N-dealkylation sites (tertiary alicyclic amines) is 1. The second-order valence-electron chi connectivity index (χ2n) is 10.8. The molecule has 1 aromatic heterocycles. The van der Waals surface area contributed by atoms with E-state index < -0.39 is 0 Å². The third kappa shape index (κ3) is 6.47. The Balaban J connectivity index is 1.06. The summed E-state index contributed by atoms with van der Waals surface area (Å²) >= 11 is 5.95. The van der Waals surface area contributed by atoms with Crippen molar-refractivity contribution >= 4 is 23.4 Å². The van der Waals surface area contributed by atoms with Gasteiger partial charge in [-0.15, -0.1) is 0 Å². The average Bonchev–Trinajstić information content (AvgIpc) is 2.97. The highest BCUT2D eigenvalue weighted by Crippen LogP contribution is 2.28. The van der Waals surface area contributed by atoms with Crippen molar-refractivity contribution in [3.05, 3.63) is 98.4 Å². The molecule has 204 valence electrons. The monoisotopic (exact) mass is 545 g/mol. The van der Waals surface area contributed by atoms with E-state index in [-0.39, 0.29) is 5.56 Å². The van der Waals surface area contributed by atoms with Crippen molar-refractivity contribution in [3.63, 3.8) is 0 Å². The van der Waals surface area contributed by atoms with Gasteiger partial charge < -0.3 is 9.47 Å². The number of nitrogens with zero attached hydrogens (tertiary/aromatic N) is 3. The number of aryl methyl sites for hydroxylation is 1. The van der Waals surface area contributed by atoms with Crippen molar-refractivity contribution in [2.75, 3.05) is 39.4 Å². The van der Waals surface area contributed by atoms with Gasteiger partial charge in [-0.05, 0) is 85.3 Å². The molecular weight excluding hydrogens is 510 g/mol. The first-order valence-electron chi connectivity index (χ1n) is 14.1. The van der Waals surface area contributed by atoms with Crippen LogP contribution < -0.4 is 10.3 Å². The maximum absolute atomic E-state index is 12.9. The highest BCUT2D eigenvalue weighted by atomic mass is 35.5. The summed E-state index contributed by atoms with van der Waals surface area (Å²) in [5.41, 5.74) is 5.92. The number of hydrogen-bond donors (Lipinski definition) is 0. The summed E-state index contributed by atoms with van der Waals surface area (Å²) in [6, 6.07) is 18.5. The number of piperidine rings is 1. The Morgan fingerprint density at radius 2 is 1.67 bits per heavy atom. The molecule has 0 N–H and O–H groups in total. The minimum absolute atomic E-state index is 0.0737. The van der Waals surface area contributed by atoms with E-state index in [9.17, 15) is 4.79 Å². The van der Waals surface area contributed by atoms with Crippen molar-refractivity contribution in [3.8, 4) is 5.75 Å². The molecule has 2 aromatic carbocycles. The van der Waals surface area contributed by atoms with Crippen LogP contribution in [0.25, 0.3) is 11.8 Å². The van der Waals surface area contributed by atoms with Crippen LogP contribution in [0, 0.1) is 0 Å². The molecule has 2 fully saturated rings. The number of benzene rings is 2. The van der Waals surface area contributed by atoms with Gasteiger partial charge in [0.15, 0.2) is 0 Å². The maximum atomic E-state index is 12.9. The van der Waals surface area contributed by atoms with Crippen molar-refractivity contribution in [2.45, 2.75) is 44.9 Å². The molecule has 0 saturated carbocycles. The SMILES string of the molecule is O=c1cc(OCc2ccc(Cl)cc2)ccn1C1=Cc2ccc(CN3CCC(N4CCOCC4)CC3)cc2CC1. The number of aromatic nitrogens is 1. The molecule has 0 amide bonds. The van der Waals surface area contributed by atoms with Gasteiger partial charge in [0.1, 0.15) is 12.4 Å². The van der Waals surface area contributed by atoms with Crippen molar-refractivity contribution in [2.24, 2.45) is 0 Å². The molecule has 3 aliphatic rings. The Morgan fingerprint density at radius 3 is 2.44 bits per heavy atom. The normalized spacial score (nSPS) is 18.9. The van der Waals surface area contributed by atoms with Crippen LogP contribution in [0.15, 0.2) is 65.6 Å². The molecular formula is C32H36ClN3O3. The van der Waals surface area contributed by atoms with E-state index in [1.807, 2.05) is 36.5 Å². The van der Waals surface area contributed by atoms with Gasteiger partial charge >= 0.3 is 0 Å². The number of allylic oxidation sites excluding steroid dienone is 1. The second kappa shape index (κ2) is 12.1. The van der Waals surface area contributed by atoms with E-state index in [1.165, 1.54) is 29.5 Å². The van der Waals surface area contributed by atoms with Gasteiger partial charge in [-0.1, -0.05) is 41.9 Å². The first-order chi connectivity index (χ1) is 19.1. The lowest BCUT2D eigenvalue weighted by Gasteiger charge is -2.40. The largest absolute Gasteiger partial charge is 0.489 e. The van der Waals surface area contributed by atoms with E-state index in [2.05, 4.69) is 34.1 Å². The van der Waals surface area contributed by atoms with Crippen LogP contribution in [0.4, 0.5) is 0 Å². The van der Waals surface area contributed by atoms with Crippen LogP contribution in [0.2, 0.25) is 5.02 Å². The molecule has 0 spiro atoms. The number of fused-ring (bicyclic) bond motifs is 1. The number of pyridine rings is 1. The lowest BCUT2D eigenvalue weighted by Crippen LogP contribution is -2.48. The summed E-state index contributed by atoms with van der Waals surface area (Å²) in [6.45, 7) is 7.65. The zero-order valence-corrected chi connectivity index (χ0v) is 23.1. The Bertz CT molecular complexity index is 1370. The van der Waals surface area contributed by atoms with E-state index in [0.717, 1.165) is 70.0 Å². The van der Waals surface area contributed by atoms with Gasteiger partial charge in [0.25, 0.3) is 5.56 Å². The molecule has 0 unspecified atom stereocenters. The van der Waals surface area contributed by atoms with E-state index in [4.69, 9.17) is 21.1 Å². The minimum Gasteiger partial charge on any atom is -0.489 e. The zero-order valence-electron chi connectivity index (χ0n) is 22.4. The van der Waals surface area contributed by atoms with Gasteiger partial charge in [-0.25, -0.2) is 0 Å². The third-order valence-electron chi connectivity index (χ3n) is 8.22. The van der Waals surface area contributed by atoms with Crippen LogP contribution in [-0.4, -0.2) is 59.8 Å². The molecule has 6 rings (SSSR count). The Labute approximate surface area is 235 Å². The average molecular weight is 546 g/mol. The van der Waals surface area contributed by atoms with Crippen LogP contribution in [0.3, 0.4) is 0 Å². The summed E-state index contributed by atoms with van der Waals surface area (Å²) in [7, 11) is 0. The minimum atomic E-state index is -0.0737. The van der Waals surface area contributed by atoms with Gasteiger partial charge in [0, 0.05) is 48.7 Å². The molecule has 3 heterocycles. The van der Waals surface area contributed by atoms with Crippen LogP contribution in [-0.2, 0) is 24.3 Å². The molecule has 0 atom stereocenters. The highest BCUT2D eigenvalue weighted by Gasteiger charge is 2.26. The summed E-state index contributed by atoms with van der Waals surface area (Å²) in [6.07, 6.45) is 8.26. The number of halogens is 1. The fourth-order valence-corrected chi connectivity index (χ4v) is 6.12.